The van der Waals surface area contributed by atoms with Crippen LogP contribution in [-0.2, 0) is 0 Å². The lowest BCUT2D eigenvalue weighted by molar-refractivity contribution is 0.200. The molecular weight excluding hydrogens is 371 g/mol. The van der Waals surface area contributed by atoms with Crippen LogP contribution in [-0.4, -0.2) is 5.88 Å². The van der Waals surface area contributed by atoms with E-state index in [1.807, 2.05) is 24.3 Å². The second kappa shape index (κ2) is 7.15. The molecule has 0 bridgehead atoms. The van der Waals surface area contributed by atoms with Gasteiger partial charge in [-0.2, -0.15) is 0 Å². The Hall–Kier alpha value is -0.740. The first-order valence-electron chi connectivity index (χ1n) is 6.24. The van der Waals surface area contributed by atoms with Crippen LogP contribution in [0.1, 0.15) is 23.7 Å². The lowest BCUT2D eigenvalue weighted by Crippen LogP contribution is -2.09. The zero-order valence-corrected chi connectivity index (χ0v) is 13.7. The van der Waals surface area contributed by atoms with Crippen LogP contribution in [0.25, 0.3) is 0 Å². The Morgan fingerprint density at radius 3 is 2.53 bits per heavy atom. The fraction of sp³-hybridized carbons (Fsp3) is 0.250. The second-order valence-electron chi connectivity index (χ2n) is 4.43. The van der Waals surface area contributed by atoms with Crippen molar-refractivity contribution in [3.05, 3.63) is 63.2 Å². The van der Waals surface area contributed by atoms with Crippen LogP contribution in [0.5, 0.6) is 5.75 Å². The number of aryl methyl sites for hydroxylation is 1. The molecule has 0 fully saturated rings. The Morgan fingerprint density at radius 1 is 1.16 bits per heavy atom. The molecule has 0 heterocycles. The van der Waals surface area contributed by atoms with Crippen molar-refractivity contribution in [2.24, 2.45) is 0 Å². The van der Waals surface area contributed by atoms with Crippen LogP contribution in [0.15, 0.2) is 48.5 Å². The van der Waals surface area contributed by atoms with Crippen LogP contribution < -0.4 is 4.74 Å². The van der Waals surface area contributed by atoms with Crippen LogP contribution in [0.3, 0.4) is 0 Å². The highest BCUT2D eigenvalue weighted by Gasteiger charge is 2.14. The van der Waals surface area contributed by atoms with Gasteiger partial charge in [-0.25, -0.2) is 0 Å². The minimum atomic E-state index is 0.00919. The van der Waals surface area contributed by atoms with Crippen molar-refractivity contribution in [2.75, 3.05) is 5.88 Å². The van der Waals surface area contributed by atoms with Crippen molar-refractivity contribution >= 4 is 34.2 Å². The minimum Gasteiger partial charge on any atom is -0.485 e. The number of alkyl halides is 1. The van der Waals surface area contributed by atoms with Gasteiger partial charge in [0.1, 0.15) is 11.9 Å². The summed E-state index contributed by atoms with van der Waals surface area (Å²) in [5, 5.41) is 0. The first-order valence-corrected chi connectivity index (χ1v) is 7.85. The van der Waals surface area contributed by atoms with E-state index in [9.17, 15) is 0 Å². The van der Waals surface area contributed by atoms with Gasteiger partial charge in [0.25, 0.3) is 0 Å². The molecule has 0 unspecified atom stereocenters. The highest BCUT2D eigenvalue weighted by Crippen LogP contribution is 2.29. The molecule has 19 heavy (non-hydrogen) atoms. The summed E-state index contributed by atoms with van der Waals surface area (Å²) in [7, 11) is 0. The van der Waals surface area contributed by atoms with E-state index in [2.05, 4.69) is 53.8 Å². The van der Waals surface area contributed by atoms with Gasteiger partial charge in [-0.05, 0) is 52.8 Å². The molecule has 2 aromatic carbocycles. The zero-order valence-electron chi connectivity index (χ0n) is 10.8. The normalized spacial score (nSPS) is 12.2. The number of ether oxygens (including phenoxy) is 1. The molecule has 0 radical (unpaired) electrons. The number of hydrogen-bond donors (Lipinski definition) is 0. The molecule has 3 heteroatoms. The number of hydrogen-bond acceptors (Lipinski definition) is 1. The Kier molecular flexibility index (Phi) is 5.52. The second-order valence-corrected chi connectivity index (χ2v) is 5.97. The highest BCUT2D eigenvalue weighted by molar-refractivity contribution is 14.1. The van der Waals surface area contributed by atoms with Crippen molar-refractivity contribution in [3.8, 4) is 5.75 Å². The molecule has 0 aliphatic carbocycles. The van der Waals surface area contributed by atoms with Gasteiger partial charge in [-0.3, -0.25) is 0 Å². The van der Waals surface area contributed by atoms with E-state index in [-0.39, 0.29) is 6.10 Å². The van der Waals surface area contributed by atoms with E-state index < -0.39 is 0 Å². The molecule has 100 valence electrons. The first kappa shape index (κ1) is 14.7. The molecule has 0 amide bonds. The van der Waals surface area contributed by atoms with Gasteiger partial charge >= 0.3 is 0 Å². The Balaban J connectivity index is 2.21. The quantitative estimate of drug-likeness (QED) is 0.497. The molecule has 0 aromatic heterocycles. The summed E-state index contributed by atoms with van der Waals surface area (Å²) in [5.41, 5.74) is 2.41. The summed E-state index contributed by atoms with van der Waals surface area (Å²) in [6, 6.07) is 16.5. The summed E-state index contributed by atoms with van der Waals surface area (Å²) < 4.78 is 7.27. The number of halogens is 2. The first-order chi connectivity index (χ1) is 9.20. The van der Waals surface area contributed by atoms with Gasteiger partial charge < -0.3 is 4.74 Å². The van der Waals surface area contributed by atoms with Crippen LogP contribution in [0, 0.1) is 10.5 Å². The number of rotatable bonds is 5. The Bertz CT molecular complexity index is 528. The maximum Gasteiger partial charge on any atom is 0.133 e. The van der Waals surface area contributed by atoms with Crippen LogP contribution in [0.2, 0.25) is 0 Å². The van der Waals surface area contributed by atoms with Crippen molar-refractivity contribution in [2.45, 2.75) is 19.4 Å². The van der Waals surface area contributed by atoms with E-state index in [0.717, 1.165) is 15.7 Å². The summed E-state index contributed by atoms with van der Waals surface area (Å²) >= 11 is 8.20. The molecule has 2 aromatic rings. The van der Waals surface area contributed by atoms with Crippen LogP contribution in [0.4, 0.5) is 0 Å². The van der Waals surface area contributed by atoms with Crippen molar-refractivity contribution < 1.29 is 4.74 Å². The Labute approximate surface area is 133 Å². The van der Waals surface area contributed by atoms with Crippen molar-refractivity contribution in [3.63, 3.8) is 0 Å². The lowest BCUT2D eigenvalue weighted by atomic mass is 10.1. The van der Waals surface area contributed by atoms with Gasteiger partial charge in [-0.15, -0.1) is 11.6 Å². The van der Waals surface area contributed by atoms with Crippen LogP contribution >= 0.6 is 34.2 Å². The highest BCUT2D eigenvalue weighted by atomic mass is 127. The summed E-state index contributed by atoms with van der Waals surface area (Å²) in [5.74, 6) is 1.51. The molecule has 2 rings (SSSR count). The fourth-order valence-electron chi connectivity index (χ4n) is 1.92. The average molecular weight is 387 g/mol. The predicted molar refractivity (Wildman–Crippen MR) is 89.0 cm³/mol. The van der Waals surface area contributed by atoms with Crippen molar-refractivity contribution in [1.82, 2.24) is 0 Å². The third-order valence-corrected chi connectivity index (χ3v) is 3.96. The third kappa shape index (κ3) is 4.11. The molecule has 0 aliphatic heterocycles. The number of benzene rings is 2. The Morgan fingerprint density at radius 2 is 1.89 bits per heavy atom. The molecule has 0 spiro atoms. The molecular formula is C16H16ClIO. The maximum absolute atomic E-state index is 6.13. The lowest BCUT2D eigenvalue weighted by Gasteiger charge is -2.19. The van der Waals surface area contributed by atoms with E-state index in [1.165, 1.54) is 11.1 Å². The van der Waals surface area contributed by atoms with Gasteiger partial charge in [0, 0.05) is 12.3 Å². The van der Waals surface area contributed by atoms with Crippen molar-refractivity contribution in [1.29, 1.82) is 0 Å². The molecule has 0 saturated carbocycles. The van der Waals surface area contributed by atoms with Gasteiger partial charge in [0.15, 0.2) is 0 Å². The monoisotopic (exact) mass is 386 g/mol. The third-order valence-electron chi connectivity index (χ3n) is 2.90. The van der Waals surface area contributed by atoms with E-state index in [0.29, 0.717) is 5.88 Å². The minimum absolute atomic E-state index is 0.00919. The fourth-order valence-corrected chi connectivity index (χ4v) is 2.91. The molecule has 0 saturated heterocycles. The van der Waals surface area contributed by atoms with E-state index in [4.69, 9.17) is 16.3 Å². The van der Waals surface area contributed by atoms with E-state index >= 15 is 0 Å². The maximum atomic E-state index is 6.13. The largest absolute Gasteiger partial charge is 0.485 e. The average Bonchev–Trinajstić information content (AvgIpc) is 2.42. The SMILES string of the molecule is Cc1ccc(O[C@H](CCCl)c2ccccc2)c(I)c1. The van der Waals surface area contributed by atoms with E-state index in [1.54, 1.807) is 0 Å². The van der Waals surface area contributed by atoms with Gasteiger partial charge in [0.05, 0.1) is 3.57 Å². The molecule has 0 aliphatic rings. The van der Waals surface area contributed by atoms with Gasteiger partial charge in [0.2, 0.25) is 0 Å². The summed E-state index contributed by atoms with van der Waals surface area (Å²) in [6.45, 7) is 2.08. The molecule has 1 nitrogen and oxygen atoms in total. The van der Waals surface area contributed by atoms with Gasteiger partial charge in [-0.1, -0.05) is 36.4 Å². The molecule has 1 atom stereocenters. The zero-order chi connectivity index (χ0) is 13.7. The smallest absolute Gasteiger partial charge is 0.133 e. The topological polar surface area (TPSA) is 9.23 Å². The summed E-state index contributed by atoms with van der Waals surface area (Å²) in [4.78, 5) is 0. The summed E-state index contributed by atoms with van der Waals surface area (Å²) in [6.07, 6.45) is 0.810. The molecule has 0 N–H and O–H groups in total. The predicted octanol–water partition coefficient (Wildman–Crippen LogP) is 5.35. The standard InChI is InChI=1S/C16H16ClIO/c1-12-7-8-16(14(18)11-12)19-15(9-10-17)13-5-3-2-4-6-13/h2-8,11,15H,9-10H2,1H3/t15-/m1/s1.